The van der Waals surface area contributed by atoms with Gasteiger partial charge in [0.1, 0.15) is 0 Å². The van der Waals surface area contributed by atoms with Gasteiger partial charge in [0.15, 0.2) is 0 Å². The molecule has 0 amide bonds. The zero-order valence-corrected chi connectivity index (χ0v) is 9.95. The number of benzene rings is 1. The Morgan fingerprint density at radius 3 is 3.12 bits per heavy atom. The smallest absolute Gasteiger partial charge is 0.0794 e. The third-order valence-corrected chi connectivity index (χ3v) is 3.33. The maximum absolute atomic E-state index is 4.30. The Kier molecular flexibility index (Phi) is 2.71. The first-order valence-electron chi connectivity index (χ1n) is 5.38. The van der Waals surface area contributed by atoms with E-state index in [0.29, 0.717) is 0 Å². The summed E-state index contributed by atoms with van der Waals surface area (Å²) in [6.45, 7) is 0.816. The molecule has 0 atom stereocenters. The zero-order valence-electron chi connectivity index (χ0n) is 9.13. The number of pyridine rings is 1. The van der Waals surface area contributed by atoms with E-state index in [0.717, 1.165) is 23.1 Å². The summed E-state index contributed by atoms with van der Waals surface area (Å²) in [6, 6.07) is 10.2. The molecule has 1 N–H and O–H groups in total. The molecule has 0 radical (unpaired) electrons. The predicted molar refractivity (Wildman–Crippen MR) is 71.2 cm³/mol. The highest BCUT2D eigenvalue weighted by Crippen LogP contribution is 2.18. The lowest BCUT2D eigenvalue weighted by atomic mass is 10.2. The monoisotopic (exact) mass is 241 g/mol. The van der Waals surface area contributed by atoms with Crippen LogP contribution in [0, 0.1) is 0 Å². The highest BCUT2D eigenvalue weighted by molar-refractivity contribution is 7.09. The molecule has 4 heteroatoms. The average molecular weight is 241 g/mol. The van der Waals surface area contributed by atoms with E-state index >= 15 is 0 Å². The van der Waals surface area contributed by atoms with Crippen LogP contribution in [0.3, 0.4) is 0 Å². The van der Waals surface area contributed by atoms with Crippen molar-refractivity contribution < 1.29 is 0 Å². The molecule has 0 fully saturated rings. The van der Waals surface area contributed by atoms with Crippen molar-refractivity contribution >= 4 is 27.9 Å². The summed E-state index contributed by atoms with van der Waals surface area (Å²) >= 11 is 1.66. The SMILES string of the molecule is c1cnc2ccc(NCc3cncs3)cc2c1. The third-order valence-electron chi connectivity index (χ3n) is 2.55. The maximum atomic E-state index is 4.30. The van der Waals surface area contributed by atoms with Gasteiger partial charge >= 0.3 is 0 Å². The molecule has 0 bridgehead atoms. The van der Waals surface area contributed by atoms with Crippen molar-refractivity contribution in [3.8, 4) is 0 Å². The molecule has 0 aliphatic carbocycles. The standard InChI is InChI=1S/C13H11N3S/c1-2-10-6-11(3-4-13(10)15-5-1)16-8-12-7-14-9-17-12/h1-7,9,16H,8H2. The number of rotatable bonds is 3. The van der Waals surface area contributed by atoms with Crippen molar-refractivity contribution in [1.29, 1.82) is 0 Å². The minimum absolute atomic E-state index is 0.816. The van der Waals surface area contributed by atoms with Gasteiger partial charge in [-0.2, -0.15) is 0 Å². The molecule has 0 spiro atoms. The Labute approximate surface area is 103 Å². The fourth-order valence-electron chi connectivity index (χ4n) is 1.70. The maximum Gasteiger partial charge on any atom is 0.0794 e. The number of nitrogens with zero attached hydrogens (tertiary/aromatic N) is 2. The molecule has 2 heterocycles. The summed E-state index contributed by atoms with van der Waals surface area (Å²) in [5.74, 6) is 0. The normalized spacial score (nSPS) is 10.6. The van der Waals surface area contributed by atoms with Crippen LogP contribution in [-0.4, -0.2) is 9.97 Å². The first kappa shape index (κ1) is 10.2. The Balaban J connectivity index is 1.81. The second-order valence-electron chi connectivity index (χ2n) is 3.73. The van der Waals surface area contributed by atoms with Crippen LogP contribution in [0.25, 0.3) is 10.9 Å². The molecule has 3 rings (SSSR count). The molecule has 1 aromatic carbocycles. The largest absolute Gasteiger partial charge is 0.380 e. The number of nitrogens with one attached hydrogen (secondary N) is 1. The van der Waals surface area contributed by atoms with E-state index in [1.54, 1.807) is 11.3 Å². The lowest BCUT2D eigenvalue weighted by Gasteiger charge is -2.05. The summed E-state index contributed by atoms with van der Waals surface area (Å²) in [4.78, 5) is 9.58. The summed E-state index contributed by atoms with van der Waals surface area (Å²) in [6.07, 6.45) is 3.70. The van der Waals surface area contributed by atoms with Crippen LogP contribution in [0.1, 0.15) is 4.88 Å². The van der Waals surface area contributed by atoms with Crippen molar-refractivity contribution in [1.82, 2.24) is 9.97 Å². The first-order valence-corrected chi connectivity index (χ1v) is 6.26. The number of hydrogen-bond acceptors (Lipinski definition) is 4. The number of anilines is 1. The summed E-state index contributed by atoms with van der Waals surface area (Å²) in [5.41, 5.74) is 3.98. The Bertz CT molecular complexity index is 619. The molecule has 0 aliphatic heterocycles. The van der Waals surface area contributed by atoms with Gasteiger partial charge in [-0.05, 0) is 24.3 Å². The molecular weight excluding hydrogens is 230 g/mol. The van der Waals surface area contributed by atoms with E-state index in [1.807, 2.05) is 30.0 Å². The average Bonchev–Trinajstić information content (AvgIpc) is 2.89. The highest BCUT2D eigenvalue weighted by Gasteiger charge is 1.98. The molecule has 2 aromatic heterocycles. The van der Waals surface area contributed by atoms with Gasteiger partial charge in [0, 0.05) is 28.3 Å². The van der Waals surface area contributed by atoms with Gasteiger partial charge in [-0.15, -0.1) is 11.3 Å². The van der Waals surface area contributed by atoms with Crippen molar-refractivity contribution in [2.75, 3.05) is 5.32 Å². The van der Waals surface area contributed by atoms with Crippen molar-refractivity contribution in [3.63, 3.8) is 0 Å². The van der Waals surface area contributed by atoms with E-state index in [-0.39, 0.29) is 0 Å². The number of aromatic nitrogens is 2. The van der Waals surface area contributed by atoms with Crippen LogP contribution in [-0.2, 0) is 6.54 Å². The second-order valence-corrected chi connectivity index (χ2v) is 4.70. The van der Waals surface area contributed by atoms with Gasteiger partial charge in [0.25, 0.3) is 0 Å². The molecule has 0 unspecified atom stereocenters. The van der Waals surface area contributed by atoms with Gasteiger partial charge in [0.2, 0.25) is 0 Å². The van der Waals surface area contributed by atoms with E-state index in [2.05, 4.69) is 33.5 Å². The van der Waals surface area contributed by atoms with Gasteiger partial charge in [-0.1, -0.05) is 6.07 Å². The zero-order chi connectivity index (χ0) is 11.5. The Morgan fingerprint density at radius 2 is 2.24 bits per heavy atom. The van der Waals surface area contributed by atoms with Crippen molar-refractivity contribution in [2.45, 2.75) is 6.54 Å². The van der Waals surface area contributed by atoms with Gasteiger partial charge < -0.3 is 5.32 Å². The quantitative estimate of drug-likeness (QED) is 0.764. The molecule has 17 heavy (non-hydrogen) atoms. The molecule has 3 aromatic rings. The minimum atomic E-state index is 0.816. The molecule has 84 valence electrons. The number of thiazole rings is 1. The van der Waals surface area contributed by atoms with Crippen LogP contribution in [0.2, 0.25) is 0 Å². The predicted octanol–water partition coefficient (Wildman–Crippen LogP) is 3.30. The number of hydrogen-bond donors (Lipinski definition) is 1. The van der Waals surface area contributed by atoms with Crippen LogP contribution >= 0.6 is 11.3 Å². The minimum Gasteiger partial charge on any atom is -0.380 e. The topological polar surface area (TPSA) is 37.8 Å². The summed E-state index contributed by atoms with van der Waals surface area (Å²) < 4.78 is 0. The van der Waals surface area contributed by atoms with Crippen molar-refractivity contribution in [3.05, 3.63) is 53.1 Å². The van der Waals surface area contributed by atoms with Crippen LogP contribution < -0.4 is 5.32 Å². The molecule has 0 saturated heterocycles. The van der Waals surface area contributed by atoms with Gasteiger partial charge in [0.05, 0.1) is 17.6 Å². The van der Waals surface area contributed by atoms with Gasteiger partial charge in [-0.25, -0.2) is 0 Å². The van der Waals surface area contributed by atoms with E-state index in [4.69, 9.17) is 0 Å². The van der Waals surface area contributed by atoms with Crippen molar-refractivity contribution in [2.24, 2.45) is 0 Å². The third kappa shape index (κ3) is 2.26. The molecule has 0 saturated carbocycles. The Morgan fingerprint density at radius 1 is 1.24 bits per heavy atom. The second kappa shape index (κ2) is 4.51. The first-order chi connectivity index (χ1) is 8.42. The lowest BCUT2D eigenvalue weighted by Crippen LogP contribution is -1.97. The molecule has 3 nitrogen and oxygen atoms in total. The fraction of sp³-hybridized carbons (Fsp3) is 0.0769. The van der Waals surface area contributed by atoms with Gasteiger partial charge in [-0.3, -0.25) is 9.97 Å². The van der Waals surface area contributed by atoms with Crippen LogP contribution in [0.15, 0.2) is 48.2 Å². The molecule has 0 aliphatic rings. The van der Waals surface area contributed by atoms with E-state index < -0.39 is 0 Å². The van der Waals surface area contributed by atoms with Crippen LogP contribution in [0.5, 0.6) is 0 Å². The Hall–Kier alpha value is -1.94. The fourth-order valence-corrected chi connectivity index (χ4v) is 2.24. The number of fused-ring (bicyclic) bond motifs is 1. The summed E-state index contributed by atoms with van der Waals surface area (Å²) in [5, 5.41) is 4.54. The molecular formula is C13H11N3S. The van der Waals surface area contributed by atoms with E-state index in [9.17, 15) is 0 Å². The highest BCUT2D eigenvalue weighted by atomic mass is 32.1. The lowest BCUT2D eigenvalue weighted by molar-refractivity contribution is 1.18. The van der Waals surface area contributed by atoms with E-state index in [1.165, 1.54) is 4.88 Å². The summed E-state index contributed by atoms with van der Waals surface area (Å²) in [7, 11) is 0. The van der Waals surface area contributed by atoms with Crippen LogP contribution in [0.4, 0.5) is 5.69 Å².